The molecule has 0 aliphatic carbocycles. The van der Waals surface area contributed by atoms with Gasteiger partial charge in [-0.1, -0.05) is 36.4 Å². The minimum atomic E-state index is -0.805. The van der Waals surface area contributed by atoms with Gasteiger partial charge in [0.1, 0.15) is 5.69 Å². The van der Waals surface area contributed by atoms with Crippen LogP contribution in [0.4, 0.5) is 0 Å². The zero-order valence-corrected chi connectivity index (χ0v) is 14.2. The lowest BCUT2D eigenvalue weighted by Gasteiger charge is -2.13. The lowest BCUT2D eigenvalue weighted by atomic mass is 10.0. The fourth-order valence-electron chi connectivity index (χ4n) is 2.80. The maximum absolute atomic E-state index is 12.3. The molecule has 128 valence electrons. The Labute approximate surface area is 145 Å². The van der Waals surface area contributed by atoms with E-state index in [9.17, 15) is 14.7 Å². The number of amides is 1. The number of benzene rings is 2. The Morgan fingerprint density at radius 1 is 1.12 bits per heavy atom. The van der Waals surface area contributed by atoms with Crippen molar-refractivity contribution in [2.45, 2.75) is 13.0 Å². The van der Waals surface area contributed by atoms with Crippen LogP contribution < -0.4 is 5.32 Å². The summed E-state index contributed by atoms with van der Waals surface area (Å²) in [6, 6.07) is 15.2. The minimum absolute atomic E-state index is 0.0918. The number of aryl methyl sites for hydroxylation is 1. The number of carbonyl (C=O) groups excluding carboxylic acids is 2. The summed E-state index contributed by atoms with van der Waals surface area (Å²) in [6.07, 6.45) is 0.817. The van der Waals surface area contributed by atoms with Crippen LogP contribution in [0.5, 0.6) is 0 Å². The van der Waals surface area contributed by atoms with Crippen LogP contribution in [0.1, 0.15) is 39.4 Å². The first-order chi connectivity index (χ1) is 12.0. The second-order valence-electron chi connectivity index (χ2n) is 6.11. The first kappa shape index (κ1) is 16.9. The monoisotopic (exact) mass is 336 g/mol. The Kier molecular flexibility index (Phi) is 4.67. The van der Waals surface area contributed by atoms with Crippen LogP contribution in [0.2, 0.25) is 0 Å². The molecule has 5 nitrogen and oxygen atoms in total. The van der Waals surface area contributed by atoms with Gasteiger partial charge >= 0.3 is 0 Å². The molecule has 0 saturated heterocycles. The van der Waals surface area contributed by atoms with E-state index in [4.69, 9.17) is 0 Å². The highest BCUT2D eigenvalue weighted by molar-refractivity contribution is 5.99. The number of fused-ring (bicyclic) bond motifs is 1. The van der Waals surface area contributed by atoms with Crippen molar-refractivity contribution in [3.63, 3.8) is 0 Å². The molecule has 1 atom stereocenters. The smallest absolute Gasteiger partial charge is 0.268 e. The van der Waals surface area contributed by atoms with Gasteiger partial charge in [-0.2, -0.15) is 0 Å². The van der Waals surface area contributed by atoms with Gasteiger partial charge in [0.2, 0.25) is 0 Å². The van der Waals surface area contributed by atoms with E-state index in [1.165, 1.54) is 6.92 Å². The minimum Gasteiger partial charge on any atom is -0.387 e. The lowest BCUT2D eigenvalue weighted by Crippen LogP contribution is -2.29. The zero-order valence-electron chi connectivity index (χ0n) is 14.2. The number of nitrogens with one attached hydrogen (secondary N) is 1. The van der Waals surface area contributed by atoms with Crippen LogP contribution >= 0.6 is 0 Å². The second-order valence-corrected chi connectivity index (χ2v) is 6.11. The molecule has 25 heavy (non-hydrogen) atoms. The van der Waals surface area contributed by atoms with Gasteiger partial charge in [-0.25, -0.2) is 0 Å². The van der Waals surface area contributed by atoms with Gasteiger partial charge in [0.25, 0.3) is 5.91 Å². The molecule has 1 amide bonds. The Morgan fingerprint density at radius 3 is 2.52 bits per heavy atom. The SMILES string of the molecule is CC(=O)c1cc(C(=O)NCC(O)c2ccc3ccccc3c2)n(C)c1. The molecule has 2 N–H and O–H groups in total. The van der Waals surface area contributed by atoms with Crippen molar-refractivity contribution in [2.24, 2.45) is 7.05 Å². The standard InChI is InChI=1S/C20H20N2O3/c1-13(23)17-10-18(22(2)12-17)20(25)21-11-19(24)16-8-7-14-5-3-4-6-15(14)9-16/h3-10,12,19,24H,11H2,1-2H3,(H,21,25). The number of aliphatic hydroxyl groups excluding tert-OH is 1. The first-order valence-corrected chi connectivity index (χ1v) is 8.08. The Morgan fingerprint density at radius 2 is 1.84 bits per heavy atom. The molecule has 0 saturated carbocycles. The molecule has 1 aromatic heterocycles. The molecule has 0 bridgehead atoms. The molecular weight excluding hydrogens is 316 g/mol. The summed E-state index contributed by atoms with van der Waals surface area (Å²) in [5, 5.41) is 15.2. The molecule has 0 spiro atoms. The van der Waals surface area contributed by atoms with Crippen molar-refractivity contribution in [1.29, 1.82) is 0 Å². The summed E-state index contributed by atoms with van der Waals surface area (Å²) in [7, 11) is 1.71. The summed E-state index contributed by atoms with van der Waals surface area (Å²) in [5.74, 6) is -0.416. The van der Waals surface area contributed by atoms with Crippen LogP contribution in [0.15, 0.2) is 54.7 Å². The molecule has 5 heteroatoms. The van der Waals surface area contributed by atoms with Crippen LogP contribution in [0.3, 0.4) is 0 Å². The maximum atomic E-state index is 12.3. The molecule has 2 aromatic carbocycles. The van der Waals surface area contributed by atoms with E-state index >= 15 is 0 Å². The maximum Gasteiger partial charge on any atom is 0.268 e. The normalized spacial score (nSPS) is 12.1. The van der Waals surface area contributed by atoms with Gasteiger partial charge in [-0.3, -0.25) is 9.59 Å². The second kappa shape index (κ2) is 6.91. The number of ketones is 1. The number of hydrogen-bond donors (Lipinski definition) is 2. The molecular formula is C20H20N2O3. The number of hydrogen-bond acceptors (Lipinski definition) is 3. The topological polar surface area (TPSA) is 71.3 Å². The van der Waals surface area contributed by atoms with Crippen LogP contribution in [-0.4, -0.2) is 27.9 Å². The summed E-state index contributed by atoms with van der Waals surface area (Å²) in [4.78, 5) is 23.7. The van der Waals surface area contributed by atoms with E-state index < -0.39 is 6.10 Å². The number of aromatic nitrogens is 1. The molecule has 1 unspecified atom stereocenters. The van der Waals surface area contributed by atoms with Crippen molar-refractivity contribution >= 4 is 22.5 Å². The van der Waals surface area contributed by atoms with Gasteiger partial charge in [0.05, 0.1) is 6.10 Å². The quantitative estimate of drug-likeness (QED) is 0.704. The number of rotatable bonds is 5. The van der Waals surface area contributed by atoms with Crippen molar-refractivity contribution in [1.82, 2.24) is 9.88 Å². The molecule has 3 rings (SSSR count). The molecule has 0 fully saturated rings. The third-order valence-electron chi connectivity index (χ3n) is 4.26. The van der Waals surface area contributed by atoms with E-state index in [-0.39, 0.29) is 18.2 Å². The largest absolute Gasteiger partial charge is 0.387 e. The predicted octanol–water partition coefficient (Wildman–Crippen LogP) is 2.84. The lowest BCUT2D eigenvalue weighted by molar-refractivity contribution is 0.0908. The predicted molar refractivity (Wildman–Crippen MR) is 96.7 cm³/mol. The molecule has 1 heterocycles. The van der Waals surface area contributed by atoms with Gasteiger partial charge in [-0.15, -0.1) is 0 Å². The average molecular weight is 336 g/mol. The molecule has 0 aliphatic rings. The summed E-state index contributed by atoms with van der Waals surface area (Å²) in [6.45, 7) is 1.55. The Balaban J connectivity index is 1.69. The van der Waals surface area contributed by atoms with Crippen molar-refractivity contribution in [2.75, 3.05) is 6.54 Å². The van der Waals surface area contributed by atoms with Gasteiger partial charge < -0.3 is 15.0 Å². The van der Waals surface area contributed by atoms with E-state index in [0.29, 0.717) is 11.3 Å². The van der Waals surface area contributed by atoms with Gasteiger partial charge in [0, 0.05) is 25.4 Å². The summed E-state index contributed by atoms with van der Waals surface area (Å²) in [5.41, 5.74) is 1.62. The first-order valence-electron chi connectivity index (χ1n) is 8.08. The fourth-order valence-corrected chi connectivity index (χ4v) is 2.80. The van der Waals surface area contributed by atoms with Gasteiger partial charge in [0.15, 0.2) is 5.78 Å². The number of carbonyl (C=O) groups is 2. The number of Topliss-reactive ketones (excluding diaryl/α,β-unsaturated/α-hetero) is 1. The summed E-state index contributed by atoms with van der Waals surface area (Å²) >= 11 is 0. The zero-order chi connectivity index (χ0) is 18.0. The molecule has 3 aromatic rings. The molecule has 0 aliphatic heterocycles. The third-order valence-corrected chi connectivity index (χ3v) is 4.26. The van der Waals surface area contributed by atoms with E-state index in [1.54, 1.807) is 23.9 Å². The van der Waals surface area contributed by atoms with Crippen molar-refractivity contribution in [3.05, 3.63) is 71.5 Å². The Bertz CT molecular complexity index is 943. The Hall–Kier alpha value is -2.92. The van der Waals surface area contributed by atoms with E-state index in [0.717, 1.165) is 16.3 Å². The van der Waals surface area contributed by atoms with Crippen LogP contribution in [0, 0.1) is 0 Å². The van der Waals surface area contributed by atoms with Crippen molar-refractivity contribution in [3.8, 4) is 0 Å². The highest BCUT2D eigenvalue weighted by Gasteiger charge is 2.15. The summed E-state index contributed by atoms with van der Waals surface area (Å²) < 4.78 is 1.61. The number of aliphatic hydroxyl groups is 1. The average Bonchev–Trinajstić information content (AvgIpc) is 3.01. The highest BCUT2D eigenvalue weighted by Crippen LogP contribution is 2.20. The molecule has 0 radical (unpaired) electrons. The fraction of sp³-hybridized carbons (Fsp3) is 0.200. The number of nitrogens with zero attached hydrogens (tertiary/aromatic N) is 1. The highest BCUT2D eigenvalue weighted by atomic mass is 16.3. The van der Waals surface area contributed by atoms with Crippen LogP contribution in [0.25, 0.3) is 10.8 Å². The van der Waals surface area contributed by atoms with Gasteiger partial charge in [-0.05, 0) is 35.4 Å². The van der Waals surface area contributed by atoms with Crippen LogP contribution in [-0.2, 0) is 7.05 Å². The van der Waals surface area contributed by atoms with Crippen molar-refractivity contribution < 1.29 is 14.7 Å². The van der Waals surface area contributed by atoms with E-state index in [2.05, 4.69) is 5.32 Å². The third kappa shape index (κ3) is 3.61. The van der Waals surface area contributed by atoms with E-state index in [1.807, 2.05) is 42.5 Å².